The maximum Gasteiger partial charge on any atom is 0.118 e. The summed E-state index contributed by atoms with van der Waals surface area (Å²) in [5, 5.41) is 10.0. The summed E-state index contributed by atoms with van der Waals surface area (Å²) < 4.78 is 0. The molecule has 0 fully saturated rings. The average molecular weight is 361 g/mol. The minimum absolute atomic E-state index is 0.477. The predicted octanol–water partition coefficient (Wildman–Crippen LogP) is 8.44. The molecule has 1 aromatic carbocycles. The summed E-state index contributed by atoms with van der Waals surface area (Å²) in [6.07, 6.45) is 21.8. The van der Waals surface area contributed by atoms with E-state index in [-0.39, 0.29) is 0 Å². The average Bonchev–Trinajstić information content (AvgIpc) is 2.65. The lowest BCUT2D eigenvalue weighted by atomic mass is 9.89. The fourth-order valence-corrected chi connectivity index (χ4v) is 3.94. The second-order valence-electron chi connectivity index (χ2n) is 8.15. The Balaban J connectivity index is 2.29. The van der Waals surface area contributed by atoms with E-state index in [0.717, 1.165) is 17.9 Å². The Bertz CT molecular complexity index is 426. The van der Waals surface area contributed by atoms with Crippen LogP contribution in [-0.4, -0.2) is 5.11 Å². The molecule has 1 aromatic rings. The zero-order valence-electron chi connectivity index (χ0n) is 17.6. The molecule has 0 amide bonds. The molecule has 0 aliphatic rings. The number of benzene rings is 1. The number of rotatable bonds is 17. The van der Waals surface area contributed by atoms with Crippen LogP contribution in [0, 0.1) is 5.92 Å². The van der Waals surface area contributed by atoms with Crippen LogP contribution in [0.2, 0.25) is 0 Å². The van der Waals surface area contributed by atoms with Gasteiger partial charge in [0.2, 0.25) is 0 Å². The minimum Gasteiger partial charge on any atom is -0.508 e. The zero-order valence-corrected chi connectivity index (χ0v) is 17.6. The van der Waals surface area contributed by atoms with E-state index in [0.29, 0.717) is 5.75 Å². The van der Waals surface area contributed by atoms with Crippen molar-refractivity contribution in [2.45, 2.75) is 117 Å². The number of hydrogen-bond acceptors (Lipinski definition) is 1. The molecule has 0 spiro atoms. The van der Waals surface area contributed by atoms with E-state index in [2.05, 4.69) is 19.9 Å². The first-order valence-electron chi connectivity index (χ1n) is 11.5. The number of unbranched alkanes of at least 4 members (excludes halogenated alkanes) is 10. The Morgan fingerprint density at radius 1 is 0.654 bits per heavy atom. The summed E-state index contributed by atoms with van der Waals surface area (Å²) in [4.78, 5) is 0. The largest absolute Gasteiger partial charge is 0.508 e. The smallest absolute Gasteiger partial charge is 0.118 e. The van der Waals surface area contributed by atoms with Crippen molar-refractivity contribution in [3.63, 3.8) is 0 Å². The zero-order chi connectivity index (χ0) is 18.9. The molecule has 0 radical (unpaired) electrons. The van der Waals surface area contributed by atoms with Gasteiger partial charge < -0.3 is 5.11 Å². The van der Waals surface area contributed by atoms with Crippen molar-refractivity contribution in [2.75, 3.05) is 0 Å². The van der Waals surface area contributed by atoms with Crippen LogP contribution < -0.4 is 0 Å². The highest BCUT2D eigenvalue weighted by molar-refractivity contribution is 5.31. The third kappa shape index (κ3) is 11.6. The van der Waals surface area contributed by atoms with Gasteiger partial charge in [-0.15, -0.1) is 0 Å². The Kier molecular flexibility index (Phi) is 14.4. The fourth-order valence-electron chi connectivity index (χ4n) is 3.94. The van der Waals surface area contributed by atoms with Crippen LogP contribution in [0.3, 0.4) is 0 Å². The second-order valence-corrected chi connectivity index (χ2v) is 8.15. The van der Waals surface area contributed by atoms with Crippen LogP contribution >= 0.6 is 0 Å². The minimum atomic E-state index is 0.477. The second kappa shape index (κ2) is 16.2. The summed E-state index contributed by atoms with van der Waals surface area (Å²) in [5.74, 6) is 1.32. The van der Waals surface area contributed by atoms with Crippen LogP contribution in [0.4, 0.5) is 0 Å². The molecule has 1 unspecified atom stereocenters. The van der Waals surface area contributed by atoms with Gasteiger partial charge >= 0.3 is 0 Å². The summed E-state index contributed by atoms with van der Waals surface area (Å²) in [7, 11) is 0. The molecular weight excluding hydrogens is 316 g/mol. The highest BCUT2D eigenvalue weighted by Crippen LogP contribution is 2.26. The molecule has 0 aliphatic heterocycles. The van der Waals surface area contributed by atoms with Gasteiger partial charge in [0.05, 0.1) is 0 Å². The summed E-state index contributed by atoms with van der Waals surface area (Å²) in [6.45, 7) is 4.57. The van der Waals surface area contributed by atoms with E-state index in [1.165, 1.54) is 96.3 Å². The van der Waals surface area contributed by atoms with Gasteiger partial charge in [-0.25, -0.2) is 0 Å². The lowest BCUT2D eigenvalue weighted by Crippen LogP contribution is -2.03. The molecule has 150 valence electrons. The molecule has 0 aromatic heterocycles. The van der Waals surface area contributed by atoms with Crippen molar-refractivity contribution < 1.29 is 5.11 Å². The van der Waals surface area contributed by atoms with Crippen molar-refractivity contribution in [3.8, 4) is 5.75 Å². The van der Waals surface area contributed by atoms with Gasteiger partial charge in [0.1, 0.15) is 5.75 Å². The molecule has 1 heteroatoms. The van der Waals surface area contributed by atoms with Crippen molar-refractivity contribution in [1.29, 1.82) is 0 Å². The molecule has 0 saturated heterocycles. The number of hydrogen-bond donors (Lipinski definition) is 1. The third-order valence-corrected chi connectivity index (χ3v) is 5.75. The molecule has 1 nitrogen and oxygen atoms in total. The van der Waals surface area contributed by atoms with Crippen molar-refractivity contribution in [2.24, 2.45) is 5.92 Å². The molecule has 0 bridgehead atoms. The monoisotopic (exact) mass is 360 g/mol. The Morgan fingerprint density at radius 3 is 1.69 bits per heavy atom. The van der Waals surface area contributed by atoms with Crippen molar-refractivity contribution in [1.82, 2.24) is 0 Å². The van der Waals surface area contributed by atoms with Crippen LogP contribution in [0.25, 0.3) is 0 Å². The Labute approximate surface area is 163 Å². The van der Waals surface area contributed by atoms with Crippen LogP contribution in [0.5, 0.6) is 5.75 Å². The van der Waals surface area contributed by atoms with Gasteiger partial charge in [0.15, 0.2) is 0 Å². The van der Waals surface area contributed by atoms with Crippen molar-refractivity contribution >= 4 is 0 Å². The van der Waals surface area contributed by atoms with E-state index in [9.17, 15) is 5.11 Å². The number of aryl methyl sites for hydroxylation is 1. The van der Waals surface area contributed by atoms with Gasteiger partial charge in [-0.05, 0) is 30.4 Å². The first-order chi connectivity index (χ1) is 12.8. The molecule has 0 saturated carbocycles. The Hall–Kier alpha value is -0.980. The standard InChI is InChI=1S/C25H44O/c1-3-5-7-9-10-12-14-18-23(17-13-11-8-6-4-2)21-22-24-19-15-16-20-25(24)26/h15-16,19-20,23,26H,3-14,17-18,21-22H2,1-2H3. The summed E-state index contributed by atoms with van der Waals surface area (Å²) >= 11 is 0. The maximum atomic E-state index is 10.0. The normalized spacial score (nSPS) is 12.4. The third-order valence-electron chi connectivity index (χ3n) is 5.75. The molecule has 0 heterocycles. The van der Waals surface area contributed by atoms with Crippen molar-refractivity contribution in [3.05, 3.63) is 29.8 Å². The van der Waals surface area contributed by atoms with Gasteiger partial charge in [0, 0.05) is 0 Å². The van der Waals surface area contributed by atoms with E-state index in [1.807, 2.05) is 18.2 Å². The molecule has 1 atom stereocenters. The van der Waals surface area contributed by atoms with E-state index in [4.69, 9.17) is 0 Å². The van der Waals surface area contributed by atoms with Gasteiger partial charge in [0.25, 0.3) is 0 Å². The first-order valence-corrected chi connectivity index (χ1v) is 11.5. The van der Waals surface area contributed by atoms with Gasteiger partial charge in [-0.3, -0.25) is 0 Å². The maximum absolute atomic E-state index is 10.0. The van der Waals surface area contributed by atoms with Crippen LogP contribution in [0.15, 0.2) is 24.3 Å². The first kappa shape index (κ1) is 23.1. The number of aromatic hydroxyl groups is 1. The quantitative estimate of drug-likeness (QED) is 0.276. The predicted molar refractivity (Wildman–Crippen MR) is 116 cm³/mol. The number of phenols is 1. The molecule has 1 rings (SSSR count). The SMILES string of the molecule is CCCCCCCCCC(CCCCCCC)CCc1ccccc1O. The molecule has 1 N–H and O–H groups in total. The molecule has 0 aliphatic carbocycles. The lowest BCUT2D eigenvalue weighted by Gasteiger charge is -2.17. The molecular formula is C25H44O. The highest BCUT2D eigenvalue weighted by atomic mass is 16.3. The van der Waals surface area contributed by atoms with Gasteiger partial charge in [-0.1, -0.05) is 122 Å². The van der Waals surface area contributed by atoms with Crippen LogP contribution in [0.1, 0.15) is 116 Å². The summed E-state index contributed by atoms with van der Waals surface area (Å²) in [5.41, 5.74) is 1.13. The summed E-state index contributed by atoms with van der Waals surface area (Å²) in [6, 6.07) is 7.88. The Morgan fingerprint density at radius 2 is 1.15 bits per heavy atom. The van der Waals surface area contributed by atoms with E-state index in [1.54, 1.807) is 0 Å². The lowest BCUT2D eigenvalue weighted by molar-refractivity contribution is 0.377. The highest BCUT2D eigenvalue weighted by Gasteiger charge is 2.10. The van der Waals surface area contributed by atoms with Crippen LogP contribution in [-0.2, 0) is 6.42 Å². The number of phenolic OH excluding ortho intramolecular Hbond substituents is 1. The van der Waals surface area contributed by atoms with Gasteiger partial charge in [-0.2, -0.15) is 0 Å². The van der Waals surface area contributed by atoms with E-state index < -0.39 is 0 Å². The van der Waals surface area contributed by atoms with E-state index >= 15 is 0 Å². The number of para-hydroxylation sites is 1. The molecule has 26 heavy (non-hydrogen) atoms. The fraction of sp³-hybridized carbons (Fsp3) is 0.760. The topological polar surface area (TPSA) is 20.2 Å².